The van der Waals surface area contributed by atoms with Crippen LogP contribution < -0.4 is 4.74 Å². The van der Waals surface area contributed by atoms with E-state index in [0.29, 0.717) is 0 Å². The smallest absolute Gasteiger partial charge is 0.119 e. The Hall–Kier alpha value is -1.59. The molecule has 0 spiro atoms. The summed E-state index contributed by atoms with van der Waals surface area (Å²) < 4.78 is 10.5. The van der Waals surface area contributed by atoms with Crippen LogP contribution in [0.15, 0.2) is 18.2 Å². The molecule has 1 aromatic carbocycles. The van der Waals surface area contributed by atoms with Gasteiger partial charge < -0.3 is 9.47 Å². The van der Waals surface area contributed by atoms with Crippen molar-refractivity contribution in [1.29, 1.82) is 0 Å². The van der Waals surface area contributed by atoms with Crippen molar-refractivity contribution in [2.24, 2.45) is 5.92 Å². The van der Waals surface area contributed by atoms with Gasteiger partial charge in [-0.1, -0.05) is 0 Å². The molecule has 1 atom stereocenters. The number of rotatable bonds is 7. The largest absolute Gasteiger partial charge is 0.497 e. The molecule has 5 nitrogen and oxygen atoms in total. The molecule has 0 radical (unpaired) electrons. The van der Waals surface area contributed by atoms with Crippen LogP contribution >= 0.6 is 0 Å². The lowest BCUT2D eigenvalue weighted by molar-refractivity contribution is 0.142. The first kappa shape index (κ1) is 16.3. The maximum Gasteiger partial charge on any atom is 0.119 e. The van der Waals surface area contributed by atoms with Gasteiger partial charge in [-0.05, 0) is 56.3 Å². The van der Waals surface area contributed by atoms with Crippen LogP contribution in [0.2, 0.25) is 0 Å². The highest BCUT2D eigenvalue weighted by Gasteiger charge is 2.21. The number of hydrogen-bond acceptors (Lipinski definition) is 4. The highest BCUT2D eigenvalue weighted by Crippen LogP contribution is 2.26. The Morgan fingerprint density at radius 1 is 1.35 bits per heavy atom. The zero-order chi connectivity index (χ0) is 16.1. The fourth-order valence-electron chi connectivity index (χ4n) is 3.56. The molecular weight excluding hydrogens is 290 g/mol. The number of nitrogens with one attached hydrogen (secondary N) is 1. The quantitative estimate of drug-likeness (QED) is 0.797. The van der Waals surface area contributed by atoms with Gasteiger partial charge in [-0.2, -0.15) is 5.10 Å². The standard InChI is InChI=1S/C18H27N3O2/c1-22-10-4-6-14-5-3-9-21(12-14)13-18-16-11-15(23-2)7-8-17(16)19-20-18/h7-8,11,14H,3-6,9-10,12-13H2,1-2H3,(H,19,20)/t14-/m0/s1. The first-order valence-electron chi connectivity index (χ1n) is 8.52. The molecular formula is C18H27N3O2. The Kier molecular flexibility index (Phi) is 5.51. The summed E-state index contributed by atoms with van der Waals surface area (Å²) >= 11 is 0. The predicted octanol–water partition coefficient (Wildman–Crippen LogP) is 3.21. The molecule has 1 fully saturated rings. The molecule has 1 aliphatic rings. The van der Waals surface area contributed by atoms with E-state index in [-0.39, 0.29) is 0 Å². The number of methoxy groups -OCH3 is 2. The number of aromatic amines is 1. The lowest BCUT2D eigenvalue weighted by atomic mass is 9.93. The van der Waals surface area contributed by atoms with E-state index >= 15 is 0 Å². The molecule has 2 heterocycles. The zero-order valence-corrected chi connectivity index (χ0v) is 14.2. The van der Waals surface area contributed by atoms with Crippen LogP contribution in [0.5, 0.6) is 5.75 Å². The second kappa shape index (κ2) is 7.79. The monoisotopic (exact) mass is 317 g/mol. The van der Waals surface area contributed by atoms with E-state index in [0.717, 1.165) is 30.3 Å². The van der Waals surface area contributed by atoms with Crippen molar-refractivity contribution in [1.82, 2.24) is 15.1 Å². The lowest BCUT2D eigenvalue weighted by Crippen LogP contribution is -2.35. The molecule has 2 aromatic rings. The highest BCUT2D eigenvalue weighted by atomic mass is 16.5. The minimum absolute atomic E-state index is 0.794. The highest BCUT2D eigenvalue weighted by molar-refractivity contribution is 5.82. The van der Waals surface area contributed by atoms with E-state index in [1.807, 2.05) is 12.1 Å². The maximum atomic E-state index is 5.34. The number of ether oxygens (including phenoxy) is 2. The van der Waals surface area contributed by atoms with Gasteiger partial charge in [-0.3, -0.25) is 10.00 Å². The Bertz CT molecular complexity index is 626. The van der Waals surface area contributed by atoms with Crippen LogP contribution in [0.1, 0.15) is 31.4 Å². The van der Waals surface area contributed by atoms with Gasteiger partial charge in [-0.15, -0.1) is 0 Å². The Morgan fingerprint density at radius 3 is 3.09 bits per heavy atom. The molecule has 0 saturated carbocycles. The second-order valence-electron chi connectivity index (χ2n) is 6.46. The molecule has 126 valence electrons. The number of fused-ring (bicyclic) bond motifs is 1. The minimum Gasteiger partial charge on any atom is -0.497 e. The summed E-state index contributed by atoms with van der Waals surface area (Å²) in [5.41, 5.74) is 2.20. The summed E-state index contributed by atoms with van der Waals surface area (Å²) in [6.45, 7) is 4.16. The summed E-state index contributed by atoms with van der Waals surface area (Å²) in [5, 5.41) is 8.80. The maximum absolute atomic E-state index is 5.34. The van der Waals surface area contributed by atoms with Crippen molar-refractivity contribution in [2.75, 3.05) is 33.9 Å². The van der Waals surface area contributed by atoms with Crippen LogP contribution in [-0.4, -0.2) is 49.0 Å². The molecule has 1 aromatic heterocycles. The summed E-state index contributed by atoms with van der Waals surface area (Å²) in [7, 11) is 3.49. The third-order valence-corrected chi connectivity index (χ3v) is 4.79. The van der Waals surface area contributed by atoms with E-state index in [2.05, 4.69) is 21.2 Å². The van der Waals surface area contributed by atoms with Gasteiger partial charge >= 0.3 is 0 Å². The van der Waals surface area contributed by atoms with E-state index < -0.39 is 0 Å². The number of nitrogens with zero attached hydrogens (tertiary/aromatic N) is 2. The van der Waals surface area contributed by atoms with Gasteiger partial charge in [0.2, 0.25) is 0 Å². The summed E-state index contributed by atoms with van der Waals surface area (Å²) in [4.78, 5) is 2.55. The Morgan fingerprint density at radius 2 is 2.26 bits per heavy atom. The molecule has 1 aliphatic heterocycles. The van der Waals surface area contributed by atoms with Crippen LogP contribution in [0.25, 0.3) is 10.9 Å². The Balaban J connectivity index is 1.64. The average molecular weight is 317 g/mol. The predicted molar refractivity (Wildman–Crippen MR) is 91.8 cm³/mol. The van der Waals surface area contributed by atoms with E-state index in [1.165, 1.54) is 49.9 Å². The SMILES string of the molecule is COCCC[C@@H]1CCCN(Cc2[nH]nc3ccc(OC)cc23)C1. The van der Waals surface area contributed by atoms with Gasteiger partial charge in [-0.25, -0.2) is 0 Å². The number of aromatic nitrogens is 2. The fourth-order valence-corrected chi connectivity index (χ4v) is 3.56. The van der Waals surface area contributed by atoms with Gasteiger partial charge in [0.1, 0.15) is 5.75 Å². The molecule has 0 unspecified atom stereocenters. The number of H-pyrrole nitrogens is 1. The van der Waals surface area contributed by atoms with Gasteiger partial charge in [0.05, 0.1) is 18.3 Å². The molecule has 3 rings (SSSR count). The first-order valence-corrected chi connectivity index (χ1v) is 8.52. The number of likely N-dealkylation sites (tertiary alicyclic amines) is 1. The van der Waals surface area contributed by atoms with Crippen LogP contribution in [-0.2, 0) is 11.3 Å². The normalized spacial score (nSPS) is 19.3. The fraction of sp³-hybridized carbons (Fsp3) is 0.611. The first-order chi connectivity index (χ1) is 11.3. The molecule has 0 bridgehead atoms. The third kappa shape index (κ3) is 4.03. The van der Waals surface area contributed by atoms with Crippen LogP contribution in [0, 0.1) is 5.92 Å². The van der Waals surface area contributed by atoms with Crippen molar-refractivity contribution in [3.8, 4) is 5.75 Å². The molecule has 1 saturated heterocycles. The average Bonchev–Trinajstić information content (AvgIpc) is 2.97. The van der Waals surface area contributed by atoms with Crippen molar-refractivity contribution >= 4 is 10.9 Å². The van der Waals surface area contributed by atoms with Crippen molar-refractivity contribution in [2.45, 2.75) is 32.2 Å². The summed E-state index contributed by atoms with van der Waals surface area (Å²) in [5.74, 6) is 1.68. The summed E-state index contributed by atoms with van der Waals surface area (Å²) in [6.07, 6.45) is 5.06. The van der Waals surface area contributed by atoms with Crippen molar-refractivity contribution in [3.63, 3.8) is 0 Å². The minimum atomic E-state index is 0.794. The number of piperidine rings is 1. The number of hydrogen-bond donors (Lipinski definition) is 1. The topological polar surface area (TPSA) is 50.4 Å². The molecule has 5 heteroatoms. The van der Waals surface area contributed by atoms with E-state index in [9.17, 15) is 0 Å². The van der Waals surface area contributed by atoms with Crippen LogP contribution in [0.3, 0.4) is 0 Å². The number of benzene rings is 1. The van der Waals surface area contributed by atoms with Crippen molar-refractivity contribution in [3.05, 3.63) is 23.9 Å². The second-order valence-corrected chi connectivity index (χ2v) is 6.46. The molecule has 1 N–H and O–H groups in total. The van der Waals surface area contributed by atoms with Crippen LogP contribution in [0.4, 0.5) is 0 Å². The van der Waals surface area contributed by atoms with Crippen molar-refractivity contribution < 1.29 is 9.47 Å². The van der Waals surface area contributed by atoms with Gasteiger partial charge in [0, 0.05) is 32.2 Å². The zero-order valence-electron chi connectivity index (χ0n) is 14.2. The molecule has 23 heavy (non-hydrogen) atoms. The molecule has 0 amide bonds. The Labute approximate surface area is 138 Å². The van der Waals surface area contributed by atoms with E-state index in [4.69, 9.17) is 9.47 Å². The van der Waals surface area contributed by atoms with Gasteiger partial charge in [0.15, 0.2) is 0 Å². The summed E-state index contributed by atoms with van der Waals surface area (Å²) in [6, 6.07) is 6.05. The lowest BCUT2D eigenvalue weighted by Gasteiger charge is -2.32. The molecule has 0 aliphatic carbocycles. The third-order valence-electron chi connectivity index (χ3n) is 4.79. The van der Waals surface area contributed by atoms with E-state index in [1.54, 1.807) is 14.2 Å². The van der Waals surface area contributed by atoms with Gasteiger partial charge in [0.25, 0.3) is 0 Å².